The molecule has 0 atom stereocenters. The van der Waals surface area contributed by atoms with E-state index >= 15 is 0 Å². The average Bonchev–Trinajstić information content (AvgIpc) is 2.36. The van der Waals surface area contributed by atoms with Gasteiger partial charge in [-0.1, -0.05) is 0 Å². The van der Waals surface area contributed by atoms with Crippen LogP contribution in [0.5, 0.6) is 5.75 Å². The quantitative estimate of drug-likeness (QED) is 0.356. The fourth-order valence-electron chi connectivity index (χ4n) is 1.33. The van der Waals surface area contributed by atoms with Gasteiger partial charge in [0.05, 0.1) is 18.6 Å². The number of aliphatic hydroxyl groups is 1. The second kappa shape index (κ2) is 6.22. The van der Waals surface area contributed by atoms with Crippen LogP contribution < -0.4 is 4.89 Å². The minimum atomic E-state index is -0.185. The van der Waals surface area contributed by atoms with E-state index < -0.39 is 0 Å². The van der Waals surface area contributed by atoms with Gasteiger partial charge in [-0.15, -0.1) is 0 Å². The van der Waals surface area contributed by atoms with Crippen molar-refractivity contribution < 1.29 is 15.3 Å². The van der Waals surface area contributed by atoms with Crippen molar-refractivity contribution in [3.05, 3.63) is 23.3 Å². The van der Waals surface area contributed by atoms with Crippen molar-refractivity contribution in [2.75, 3.05) is 13.6 Å². The van der Waals surface area contributed by atoms with Crippen molar-refractivity contribution in [1.82, 2.24) is 4.90 Å². The van der Waals surface area contributed by atoms with Crippen LogP contribution in [0.2, 0.25) is 0 Å². The summed E-state index contributed by atoms with van der Waals surface area (Å²) in [5.41, 5.74) is 2.15. The van der Waals surface area contributed by atoms with Crippen molar-refractivity contribution in [3.8, 4) is 5.75 Å². The van der Waals surface area contributed by atoms with Crippen LogP contribution in [0.15, 0.2) is 17.1 Å². The normalized spacial score (nSPS) is 10.9. The van der Waals surface area contributed by atoms with E-state index in [0.717, 1.165) is 12.1 Å². The number of nitrogens with zero attached hydrogens (tertiary/aromatic N) is 2. The summed E-state index contributed by atoms with van der Waals surface area (Å²) in [7, 11) is 1.92. The smallest absolute Gasteiger partial charge is 0.172 e. The molecule has 0 aliphatic rings. The van der Waals surface area contributed by atoms with Crippen LogP contribution >= 0.6 is 0 Å². The van der Waals surface area contributed by atoms with Crippen molar-refractivity contribution >= 4 is 12.0 Å². The average molecular weight is 238 g/mol. The first-order valence-corrected chi connectivity index (χ1v) is 5.42. The van der Waals surface area contributed by atoms with E-state index in [4.69, 9.17) is 10.4 Å². The zero-order valence-corrected chi connectivity index (χ0v) is 10.3. The maximum atomic E-state index is 9.08. The summed E-state index contributed by atoms with van der Waals surface area (Å²) in [4.78, 5) is 10.4. The lowest BCUT2D eigenvalue weighted by Crippen LogP contribution is -2.14. The molecule has 0 fully saturated rings. The van der Waals surface area contributed by atoms with E-state index in [1.165, 1.54) is 0 Å². The Morgan fingerprint density at radius 2 is 2.18 bits per heavy atom. The van der Waals surface area contributed by atoms with E-state index in [9.17, 15) is 0 Å². The first kappa shape index (κ1) is 13.5. The Kier molecular flexibility index (Phi) is 4.93. The van der Waals surface area contributed by atoms with Gasteiger partial charge in [0.25, 0.3) is 0 Å². The molecule has 1 aromatic carbocycles. The molecule has 5 heteroatoms. The lowest BCUT2D eigenvalue weighted by atomic mass is 10.1. The molecule has 1 rings (SSSR count). The van der Waals surface area contributed by atoms with E-state index in [-0.39, 0.29) is 12.4 Å². The fourth-order valence-corrected chi connectivity index (χ4v) is 1.33. The Morgan fingerprint density at radius 1 is 1.47 bits per heavy atom. The molecule has 0 aliphatic carbocycles. The number of aryl methyl sites for hydroxylation is 1. The Balaban J connectivity index is 3.04. The molecule has 0 unspecified atom stereocenters. The van der Waals surface area contributed by atoms with Gasteiger partial charge >= 0.3 is 0 Å². The maximum Gasteiger partial charge on any atom is 0.172 e. The molecular weight excluding hydrogens is 220 g/mol. The van der Waals surface area contributed by atoms with Crippen LogP contribution in [0.25, 0.3) is 0 Å². The first-order chi connectivity index (χ1) is 8.12. The number of hydrogen-bond acceptors (Lipinski definition) is 4. The first-order valence-electron chi connectivity index (χ1n) is 5.42. The maximum absolute atomic E-state index is 9.08. The molecule has 1 aromatic rings. The van der Waals surface area contributed by atoms with Gasteiger partial charge in [0.1, 0.15) is 0 Å². The molecule has 17 heavy (non-hydrogen) atoms. The van der Waals surface area contributed by atoms with Crippen LogP contribution in [0, 0.1) is 6.92 Å². The molecule has 0 amide bonds. The molecule has 0 heterocycles. The SMILES string of the molecule is CCN(C)C=Nc1cc(OO)c(CO)cc1C. The molecule has 94 valence electrons. The highest BCUT2D eigenvalue weighted by Gasteiger charge is 2.07. The number of hydrogen-bond donors (Lipinski definition) is 2. The second-order valence-electron chi connectivity index (χ2n) is 3.81. The topological polar surface area (TPSA) is 65.3 Å². The molecular formula is C12H18N2O3. The van der Waals surface area contributed by atoms with Crippen LogP contribution in [-0.2, 0) is 6.61 Å². The zero-order valence-electron chi connectivity index (χ0n) is 10.3. The summed E-state index contributed by atoms with van der Waals surface area (Å²) in [5.74, 6) is 0.226. The fraction of sp³-hybridized carbons (Fsp3) is 0.417. The summed E-state index contributed by atoms with van der Waals surface area (Å²) in [6.45, 7) is 4.59. The monoisotopic (exact) mass is 238 g/mol. The van der Waals surface area contributed by atoms with Crippen LogP contribution in [0.3, 0.4) is 0 Å². The van der Waals surface area contributed by atoms with Gasteiger partial charge in [0.15, 0.2) is 5.75 Å². The van der Waals surface area contributed by atoms with E-state index in [1.54, 1.807) is 18.5 Å². The highest BCUT2D eigenvalue weighted by atomic mass is 17.1. The van der Waals surface area contributed by atoms with Gasteiger partial charge in [-0.05, 0) is 25.5 Å². The van der Waals surface area contributed by atoms with Crippen molar-refractivity contribution in [2.45, 2.75) is 20.5 Å². The second-order valence-corrected chi connectivity index (χ2v) is 3.81. The molecule has 0 aliphatic heterocycles. The van der Waals surface area contributed by atoms with E-state index in [1.807, 2.05) is 25.8 Å². The molecule has 0 bridgehead atoms. The molecule has 2 N–H and O–H groups in total. The zero-order chi connectivity index (χ0) is 12.8. The lowest BCUT2D eigenvalue weighted by molar-refractivity contribution is -0.138. The van der Waals surface area contributed by atoms with E-state index in [0.29, 0.717) is 11.3 Å². The molecule has 0 saturated carbocycles. The van der Waals surface area contributed by atoms with Gasteiger partial charge in [-0.25, -0.2) is 10.2 Å². The third-order valence-electron chi connectivity index (χ3n) is 2.54. The summed E-state index contributed by atoms with van der Waals surface area (Å²) in [5, 5.41) is 17.8. The third kappa shape index (κ3) is 3.44. The highest BCUT2D eigenvalue weighted by molar-refractivity contribution is 5.64. The highest BCUT2D eigenvalue weighted by Crippen LogP contribution is 2.28. The number of aliphatic imine (C=N–C) groups is 1. The minimum Gasteiger partial charge on any atom is -0.392 e. The Bertz CT molecular complexity index is 405. The van der Waals surface area contributed by atoms with Gasteiger partial charge in [0.2, 0.25) is 0 Å². The van der Waals surface area contributed by atoms with Gasteiger partial charge < -0.3 is 14.9 Å². The van der Waals surface area contributed by atoms with Gasteiger partial charge in [-0.2, -0.15) is 0 Å². The van der Waals surface area contributed by atoms with Crippen LogP contribution in [0.4, 0.5) is 5.69 Å². The van der Waals surface area contributed by atoms with Crippen molar-refractivity contribution in [1.29, 1.82) is 0 Å². The van der Waals surface area contributed by atoms with Crippen LogP contribution in [0.1, 0.15) is 18.1 Å². The van der Waals surface area contributed by atoms with Crippen molar-refractivity contribution in [2.24, 2.45) is 4.99 Å². The Morgan fingerprint density at radius 3 is 2.71 bits per heavy atom. The van der Waals surface area contributed by atoms with Crippen LogP contribution in [-0.4, -0.2) is 35.2 Å². The minimum absolute atomic E-state index is 0.185. The van der Waals surface area contributed by atoms with E-state index in [2.05, 4.69) is 9.88 Å². The largest absolute Gasteiger partial charge is 0.392 e. The van der Waals surface area contributed by atoms with Crippen molar-refractivity contribution in [3.63, 3.8) is 0 Å². The standard InChI is InChI=1S/C12H18N2O3/c1-4-14(3)8-13-11-6-12(17-16)10(7-15)5-9(11)2/h5-6,8,15-16H,4,7H2,1-3H3. The summed E-state index contributed by atoms with van der Waals surface area (Å²) < 4.78 is 0. The Hall–Kier alpha value is -1.59. The molecule has 0 radical (unpaired) electrons. The molecule has 0 saturated heterocycles. The lowest BCUT2D eigenvalue weighted by Gasteiger charge is -2.10. The summed E-state index contributed by atoms with van der Waals surface area (Å²) in [6.07, 6.45) is 1.71. The Labute approximate surface area is 101 Å². The molecule has 0 aromatic heterocycles. The summed E-state index contributed by atoms with van der Waals surface area (Å²) in [6, 6.07) is 3.34. The predicted molar refractivity (Wildman–Crippen MR) is 66.8 cm³/mol. The van der Waals surface area contributed by atoms with Gasteiger partial charge in [0, 0.05) is 25.2 Å². The number of benzene rings is 1. The molecule has 0 spiro atoms. The third-order valence-corrected chi connectivity index (χ3v) is 2.54. The van der Waals surface area contributed by atoms with Gasteiger partial charge in [-0.3, -0.25) is 0 Å². The summed E-state index contributed by atoms with van der Waals surface area (Å²) >= 11 is 0. The number of rotatable bonds is 5. The predicted octanol–water partition coefficient (Wildman–Crippen LogP) is 1.95. The molecule has 5 nitrogen and oxygen atoms in total. The number of aliphatic hydroxyl groups excluding tert-OH is 1.